The Kier molecular flexibility index (Phi) is 3.43. The number of nitrogens with two attached hydrogens (primary N) is 1. The second-order valence-corrected chi connectivity index (χ2v) is 4.42. The third-order valence-electron chi connectivity index (χ3n) is 1.76. The molecule has 0 amide bonds. The molecule has 3 nitrogen and oxygen atoms in total. The predicted molar refractivity (Wildman–Crippen MR) is 57.1 cm³/mol. The zero-order valence-electron chi connectivity index (χ0n) is 7.97. The lowest BCUT2D eigenvalue weighted by molar-refractivity contribution is 0.597. The zero-order chi connectivity index (χ0) is 10.6. The normalized spacial score (nSPS) is 12.1. The van der Waals surface area contributed by atoms with E-state index in [1.807, 2.05) is 13.0 Å². The van der Waals surface area contributed by atoms with Crippen LogP contribution in [-0.2, 0) is 10.0 Å². The highest BCUT2D eigenvalue weighted by molar-refractivity contribution is 7.89. The van der Waals surface area contributed by atoms with E-state index in [-0.39, 0.29) is 4.90 Å². The summed E-state index contributed by atoms with van der Waals surface area (Å²) < 4.78 is 22.3. The molecule has 0 saturated carbocycles. The molecule has 0 aliphatic heterocycles. The van der Waals surface area contributed by atoms with Gasteiger partial charge in [-0.2, -0.15) is 0 Å². The van der Waals surface area contributed by atoms with Crippen molar-refractivity contribution in [3.05, 3.63) is 35.9 Å². The van der Waals surface area contributed by atoms with E-state index in [4.69, 9.17) is 5.14 Å². The highest BCUT2D eigenvalue weighted by Crippen LogP contribution is 2.15. The Hall–Kier alpha value is -1.13. The van der Waals surface area contributed by atoms with E-state index in [0.29, 0.717) is 5.56 Å². The lowest BCUT2D eigenvalue weighted by atomic mass is 10.2. The predicted octanol–water partition coefficient (Wildman–Crippen LogP) is 1.76. The van der Waals surface area contributed by atoms with Crippen LogP contribution in [0.2, 0.25) is 0 Å². The van der Waals surface area contributed by atoms with Crippen LogP contribution in [0.1, 0.15) is 18.9 Å². The number of sulfonamides is 1. The van der Waals surface area contributed by atoms with Crippen LogP contribution in [0.5, 0.6) is 0 Å². The molecule has 0 atom stereocenters. The molecule has 0 radical (unpaired) electrons. The minimum Gasteiger partial charge on any atom is -0.225 e. The summed E-state index contributed by atoms with van der Waals surface area (Å²) in [5.41, 5.74) is 0.636. The molecular formula is C10H13NO2S. The number of primary sulfonamides is 1. The van der Waals surface area contributed by atoms with Gasteiger partial charge >= 0.3 is 0 Å². The molecule has 0 spiro atoms. The number of rotatable bonds is 3. The van der Waals surface area contributed by atoms with Gasteiger partial charge in [0.05, 0.1) is 4.90 Å². The molecule has 4 heteroatoms. The molecule has 1 aromatic rings. The Labute approximate surface area is 84.3 Å². The highest BCUT2D eigenvalue weighted by Gasteiger charge is 2.10. The molecule has 0 aliphatic rings. The van der Waals surface area contributed by atoms with E-state index in [2.05, 4.69) is 0 Å². The van der Waals surface area contributed by atoms with Gasteiger partial charge in [-0.15, -0.1) is 0 Å². The summed E-state index contributed by atoms with van der Waals surface area (Å²) in [6.07, 6.45) is 4.52. The Morgan fingerprint density at radius 2 is 2.00 bits per heavy atom. The minimum absolute atomic E-state index is 0.171. The van der Waals surface area contributed by atoms with Gasteiger partial charge in [-0.3, -0.25) is 0 Å². The van der Waals surface area contributed by atoms with Gasteiger partial charge in [-0.25, -0.2) is 13.6 Å². The fraction of sp³-hybridized carbons (Fsp3) is 0.200. The largest absolute Gasteiger partial charge is 0.238 e. The monoisotopic (exact) mass is 211 g/mol. The number of allylic oxidation sites excluding steroid dienone is 1. The fourth-order valence-electron chi connectivity index (χ4n) is 1.12. The molecule has 0 heterocycles. The van der Waals surface area contributed by atoms with Gasteiger partial charge in [0, 0.05) is 0 Å². The van der Waals surface area contributed by atoms with Crippen LogP contribution in [0, 0.1) is 0 Å². The number of hydrogen-bond donors (Lipinski definition) is 1. The summed E-state index contributed by atoms with van der Waals surface area (Å²) in [7, 11) is -3.62. The first kappa shape index (κ1) is 10.9. The van der Waals surface area contributed by atoms with Gasteiger partial charge < -0.3 is 0 Å². The van der Waals surface area contributed by atoms with Gasteiger partial charge in [-0.1, -0.05) is 37.3 Å². The summed E-state index contributed by atoms with van der Waals surface area (Å²) in [5.74, 6) is 0. The topological polar surface area (TPSA) is 60.2 Å². The van der Waals surface area contributed by atoms with Crippen molar-refractivity contribution in [2.45, 2.75) is 18.2 Å². The van der Waals surface area contributed by atoms with Gasteiger partial charge in [0.25, 0.3) is 0 Å². The first-order chi connectivity index (χ1) is 6.55. The maximum absolute atomic E-state index is 11.2. The molecule has 76 valence electrons. The first-order valence-electron chi connectivity index (χ1n) is 4.34. The Bertz CT molecular complexity index is 435. The molecule has 0 saturated heterocycles. The molecule has 0 bridgehead atoms. The standard InChI is InChI=1S/C10H13NO2S/c1-2-3-6-9-7-4-5-8-10(9)14(11,12)13/h3-8H,2H2,1H3,(H2,11,12,13)/b6-3+. The summed E-state index contributed by atoms with van der Waals surface area (Å²) in [4.78, 5) is 0.171. The molecule has 14 heavy (non-hydrogen) atoms. The maximum atomic E-state index is 11.2. The smallest absolute Gasteiger partial charge is 0.225 e. The van der Waals surface area contributed by atoms with E-state index in [0.717, 1.165) is 6.42 Å². The van der Waals surface area contributed by atoms with Crippen LogP contribution >= 0.6 is 0 Å². The quantitative estimate of drug-likeness (QED) is 0.828. The van der Waals surface area contributed by atoms with E-state index in [1.54, 1.807) is 24.3 Å². The molecule has 0 unspecified atom stereocenters. The van der Waals surface area contributed by atoms with Crippen LogP contribution in [0.4, 0.5) is 0 Å². The molecular weight excluding hydrogens is 198 g/mol. The van der Waals surface area contributed by atoms with Crippen molar-refractivity contribution < 1.29 is 8.42 Å². The summed E-state index contributed by atoms with van der Waals surface area (Å²) in [5, 5.41) is 5.07. The lowest BCUT2D eigenvalue weighted by Gasteiger charge is -2.02. The average molecular weight is 211 g/mol. The molecule has 0 fully saturated rings. The van der Waals surface area contributed by atoms with E-state index in [9.17, 15) is 8.42 Å². The van der Waals surface area contributed by atoms with E-state index in [1.165, 1.54) is 6.07 Å². The maximum Gasteiger partial charge on any atom is 0.238 e. The third kappa shape index (κ3) is 2.68. The second-order valence-electron chi connectivity index (χ2n) is 2.89. The van der Waals surface area contributed by atoms with Crippen molar-refractivity contribution in [2.24, 2.45) is 5.14 Å². The van der Waals surface area contributed by atoms with Gasteiger partial charge in [0.1, 0.15) is 0 Å². The van der Waals surface area contributed by atoms with Gasteiger partial charge in [-0.05, 0) is 18.1 Å². The van der Waals surface area contributed by atoms with Crippen molar-refractivity contribution >= 4 is 16.1 Å². The highest BCUT2D eigenvalue weighted by atomic mass is 32.2. The molecule has 2 N–H and O–H groups in total. The Balaban J connectivity index is 3.24. The van der Waals surface area contributed by atoms with Crippen molar-refractivity contribution in [3.63, 3.8) is 0 Å². The summed E-state index contributed by atoms with van der Waals surface area (Å²) >= 11 is 0. The molecule has 0 aliphatic carbocycles. The Morgan fingerprint density at radius 3 is 2.57 bits per heavy atom. The molecule has 0 aromatic heterocycles. The third-order valence-corrected chi connectivity index (χ3v) is 2.74. The van der Waals surface area contributed by atoms with Crippen molar-refractivity contribution in [1.29, 1.82) is 0 Å². The van der Waals surface area contributed by atoms with Crippen LogP contribution in [0.25, 0.3) is 6.08 Å². The first-order valence-corrected chi connectivity index (χ1v) is 5.88. The summed E-state index contributed by atoms with van der Waals surface area (Å²) in [6, 6.07) is 6.67. The average Bonchev–Trinajstić information content (AvgIpc) is 2.14. The van der Waals surface area contributed by atoms with Crippen molar-refractivity contribution in [3.8, 4) is 0 Å². The lowest BCUT2D eigenvalue weighted by Crippen LogP contribution is -2.13. The van der Waals surface area contributed by atoms with Crippen LogP contribution in [0.3, 0.4) is 0 Å². The zero-order valence-corrected chi connectivity index (χ0v) is 8.79. The SMILES string of the molecule is CC/C=C/c1ccccc1S(N)(=O)=O. The second kappa shape index (κ2) is 4.39. The van der Waals surface area contributed by atoms with E-state index >= 15 is 0 Å². The number of hydrogen-bond acceptors (Lipinski definition) is 2. The van der Waals surface area contributed by atoms with Crippen LogP contribution in [0.15, 0.2) is 35.2 Å². The van der Waals surface area contributed by atoms with Crippen molar-refractivity contribution in [1.82, 2.24) is 0 Å². The van der Waals surface area contributed by atoms with E-state index < -0.39 is 10.0 Å². The van der Waals surface area contributed by atoms with Gasteiger partial charge in [0.2, 0.25) is 10.0 Å². The van der Waals surface area contributed by atoms with Crippen LogP contribution < -0.4 is 5.14 Å². The van der Waals surface area contributed by atoms with Crippen molar-refractivity contribution in [2.75, 3.05) is 0 Å². The number of benzene rings is 1. The van der Waals surface area contributed by atoms with Crippen LogP contribution in [-0.4, -0.2) is 8.42 Å². The summed E-state index contributed by atoms with van der Waals surface area (Å²) in [6.45, 7) is 1.98. The van der Waals surface area contributed by atoms with Gasteiger partial charge in [0.15, 0.2) is 0 Å². The Morgan fingerprint density at radius 1 is 1.36 bits per heavy atom. The fourth-order valence-corrected chi connectivity index (χ4v) is 1.86. The molecule has 1 rings (SSSR count). The minimum atomic E-state index is -3.62. The molecule has 1 aromatic carbocycles.